The standard InChI is InChI=1S/C21H33N3O4/c1-6-21(18(26)27,9-7-11-24-19(22)23)20(5)10-8-15-14(4)16(25)12(2)13(3)17(15)28-20/h25H,6-11H2,1-5H3,(H,26,27)(H4,22,23,24). The number of rotatable bonds is 7. The molecule has 0 fully saturated rings. The Morgan fingerprint density at radius 1 is 1.25 bits per heavy atom. The van der Waals surface area contributed by atoms with Crippen LogP contribution in [0.4, 0.5) is 0 Å². The van der Waals surface area contributed by atoms with Crippen LogP contribution in [0, 0.1) is 26.2 Å². The maximum absolute atomic E-state index is 12.5. The number of guanidine groups is 1. The minimum atomic E-state index is -1.06. The minimum absolute atomic E-state index is 0.00728. The summed E-state index contributed by atoms with van der Waals surface area (Å²) in [6.45, 7) is 9.81. The van der Waals surface area contributed by atoms with Crippen molar-refractivity contribution in [2.24, 2.45) is 21.9 Å². The molecule has 7 heteroatoms. The van der Waals surface area contributed by atoms with Crippen molar-refractivity contribution in [1.82, 2.24) is 0 Å². The van der Waals surface area contributed by atoms with Gasteiger partial charge in [-0.25, -0.2) is 0 Å². The zero-order valence-corrected chi connectivity index (χ0v) is 17.6. The minimum Gasteiger partial charge on any atom is -0.507 e. The fourth-order valence-electron chi connectivity index (χ4n) is 4.47. The highest BCUT2D eigenvalue weighted by Crippen LogP contribution is 2.51. The van der Waals surface area contributed by atoms with Crippen LogP contribution >= 0.6 is 0 Å². The van der Waals surface area contributed by atoms with Crippen molar-refractivity contribution in [2.75, 3.05) is 6.54 Å². The number of carbonyl (C=O) groups is 1. The second kappa shape index (κ2) is 7.89. The van der Waals surface area contributed by atoms with Crippen molar-refractivity contribution in [2.45, 2.75) is 72.3 Å². The third-order valence-electron chi connectivity index (χ3n) is 6.60. The Morgan fingerprint density at radius 3 is 2.43 bits per heavy atom. The normalized spacial score (nSPS) is 20.6. The van der Waals surface area contributed by atoms with Gasteiger partial charge in [0.15, 0.2) is 5.96 Å². The first-order chi connectivity index (χ1) is 13.0. The second-order valence-corrected chi connectivity index (χ2v) is 8.02. The fraction of sp³-hybridized carbons (Fsp3) is 0.619. The van der Waals surface area contributed by atoms with Crippen molar-refractivity contribution in [3.05, 3.63) is 22.3 Å². The van der Waals surface area contributed by atoms with E-state index in [2.05, 4.69) is 4.99 Å². The molecule has 7 nitrogen and oxygen atoms in total. The smallest absolute Gasteiger partial charge is 0.313 e. The van der Waals surface area contributed by atoms with Crippen molar-refractivity contribution in [1.29, 1.82) is 0 Å². The maximum atomic E-state index is 12.5. The van der Waals surface area contributed by atoms with E-state index in [9.17, 15) is 15.0 Å². The first-order valence-electron chi connectivity index (χ1n) is 9.80. The van der Waals surface area contributed by atoms with E-state index < -0.39 is 17.0 Å². The van der Waals surface area contributed by atoms with Crippen LogP contribution in [0.2, 0.25) is 0 Å². The number of carboxylic acid groups (broad SMARTS) is 1. The van der Waals surface area contributed by atoms with E-state index >= 15 is 0 Å². The fourth-order valence-corrected chi connectivity index (χ4v) is 4.47. The summed E-state index contributed by atoms with van der Waals surface area (Å²) in [4.78, 5) is 16.4. The van der Waals surface area contributed by atoms with Gasteiger partial charge in [0.2, 0.25) is 0 Å². The molecule has 156 valence electrons. The van der Waals surface area contributed by atoms with E-state index in [0.717, 1.165) is 22.3 Å². The lowest BCUT2D eigenvalue weighted by Gasteiger charge is -2.48. The summed E-state index contributed by atoms with van der Waals surface area (Å²) in [6.07, 6.45) is 2.62. The van der Waals surface area contributed by atoms with Crippen LogP contribution in [0.25, 0.3) is 0 Å². The first kappa shape index (κ1) is 21.9. The molecular formula is C21H33N3O4. The molecule has 1 aromatic rings. The highest BCUT2D eigenvalue weighted by atomic mass is 16.5. The van der Waals surface area contributed by atoms with Crippen LogP contribution < -0.4 is 16.2 Å². The van der Waals surface area contributed by atoms with E-state index in [1.807, 2.05) is 34.6 Å². The molecule has 0 bridgehead atoms. The molecule has 6 N–H and O–H groups in total. The Morgan fingerprint density at radius 2 is 1.89 bits per heavy atom. The number of hydrogen-bond acceptors (Lipinski definition) is 4. The molecule has 28 heavy (non-hydrogen) atoms. The number of nitrogens with zero attached hydrogens (tertiary/aromatic N) is 1. The predicted octanol–water partition coefficient (Wildman–Crippen LogP) is 2.94. The van der Waals surface area contributed by atoms with Gasteiger partial charge >= 0.3 is 5.97 Å². The third kappa shape index (κ3) is 3.50. The third-order valence-corrected chi connectivity index (χ3v) is 6.60. The number of aliphatic carboxylic acids is 1. The summed E-state index contributed by atoms with van der Waals surface area (Å²) in [5.41, 5.74) is 12.2. The molecule has 0 aromatic heterocycles. The molecule has 2 rings (SSSR count). The lowest BCUT2D eigenvalue weighted by Crippen LogP contribution is -2.56. The molecule has 0 saturated carbocycles. The number of phenols is 1. The highest BCUT2D eigenvalue weighted by Gasteiger charge is 2.55. The summed E-state index contributed by atoms with van der Waals surface area (Å²) >= 11 is 0. The van der Waals surface area contributed by atoms with Crippen LogP contribution in [0.15, 0.2) is 4.99 Å². The molecule has 1 aliphatic rings. The SMILES string of the molecule is CCC(CCCN=C(N)N)(C(=O)O)C1(C)CCc2c(C)c(O)c(C)c(C)c2O1. The average molecular weight is 392 g/mol. The molecule has 2 unspecified atom stereocenters. The summed E-state index contributed by atoms with van der Waals surface area (Å²) in [5, 5.41) is 20.6. The van der Waals surface area contributed by atoms with Crippen LogP contribution in [0.5, 0.6) is 11.5 Å². The summed E-state index contributed by atoms with van der Waals surface area (Å²) in [5.74, 6) is 0.147. The Labute approximate surface area is 166 Å². The number of phenolic OH excluding ortho intramolecular Hbond substituents is 1. The predicted molar refractivity (Wildman–Crippen MR) is 110 cm³/mol. The van der Waals surface area contributed by atoms with Gasteiger partial charge in [-0.3, -0.25) is 9.79 Å². The number of benzene rings is 1. The van der Waals surface area contributed by atoms with E-state index in [1.165, 1.54) is 0 Å². The van der Waals surface area contributed by atoms with Gasteiger partial charge in [0.05, 0.1) is 0 Å². The van der Waals surface area contributed by atoms with Gasteiger partial charge in [0.1, 0.15) is 22.5 Å². The zero-order valence-electron chi connectivity index (χ0n) is 17.6. The number of aliphatic imine (C=N–C) groups is 1. The number of fused-ring (bicyclic) bond motifs is 1. The Hall–Kier alpha value is -2.44. The van der Waals surface area contributed by atoms with Gasteiger partial charge in [-0.1, -0.05) is 6.92 Å². The molecule has 0 saturated heterocycles. The van der Waals surface area contributed by atoms with Gasteiger partial charge < -0.3 is 26.4 Å². The van der Waals surface area contributed by atoms with Crippen molar-refractivity contribution in [3.8, 4) is 11.5 Å². The summed E-state index contributed by atoms with van der Waals surface area (Å²) in [6, 6.07) is 0. The topological polar surface area (TPSA) is 131 Å². The summed E-state index contributed by atoms with van der Waals surface area (Å²) < 4.78 is 6.49. The van der Waals surface area contributed by atoms with Crippen LogP contribution in [-0.4, -0.2) is 34.3 Å². The molecule has 0 radical (unpaired) electrons. The van der Waals surface area contributed by atoms with E-state index in [0.29, 0.717) is 50.1 Å². The van der Waals surface area contributed by atoms with E-state index in [-0.39, 0.29) is 5.96 Å². The van der Waals surface area contributed by atoms with Gasteiger partial charge in [-0.05, 0) is 76.5 Å². The lowest BCUT2D eigenvalue weighted by atomic mass is 9.64. The first-order valence-corrected chi connectivity index (χ1v) is 9.80. The van der Waals surface area contributed by atoms with Crippen LogP contribution in [0.3, 0.4) is 0 Å². The van der Waals surface area contributed by atoms with Crippen molar-refractivity contribution in [3.63, 3.8) is 0 Å². The molecule has 0 spiro atoms. The number of nitrogens with two attached hydrogens (primary N) is 2. The summed E-state index contributed by atoms with van der Waals surface area (Å²) in [7, 11) is 0. The van der Waals surface area contributed by atoms with Gasteiger partial charge in [-0.15, -0.1) is 0 Å². The zero-order chi connectivity index (χ0) is 21.3. The Kier molecular flexibility index (Phi) is 6.16. The van der Waals surface area contributed by atoms with E-state index in [4.69, 9.17) is 16.2 Å². The van der Waals surface area contributed by atoms with Crippen molar-refractivity contribution < 1.29 is 19.7 Å². The average Bonchev–Trinajstić information content (AvgIpc) is 2.64. The molecule has 0 amide bonds. The largest absolute Gasteiger partial charge is 0.507 e. The Bertz CT molecular complexity index is 802. The lowest BCUT2D eigenvalue weighted by molar-refractivity contribution is -0.168. The van der Waals surface area contributed by atoms with Gasteiger partial charge in [0, 0.05) is 12.1 Å². The van der Waals surface area contributed by atoms with Gasteiger partial charge in [0.25, 0.3) is 0 Å². The molecule has 1 heterocycles. The molecule has 1 aliphatic heterocycles. The highest BCUT2D eigenvalue weighted by molar-refractivity contribution is 5.77. The van der Waals surface area contributed by atoms with Crippen LogP contribution in [-0.2, 0) is 11.2 Å². The van der Waals surface area contributed by atoms with E-state index in [1.54, 1.807) is 0 Å². The molecular weight excluding hydrogens is 358 g/mol. The second-order valence-electron chi connectivity index (χ2n) is 8.02. The molecule has 2 atom stereocenters. The Balaban J connectivity index is 2.45. The molecule has 1 aromatic carbocycles. The van der Waals surface area contributed by atoms with Gasteiger partial charge in [-0.2, -0.15) is 0 Å². The molecule has 0 aliphatic carbocycles. The number of carboxylic acids is 1. The number of hydrogen-bond donors (Lipinski definition) is 4. The maximum Gasteiger partial charge on any atom is 0.313 e. The van der Waals surface area contributed by atoms with Crippen molar-refractivity contribution >= 4 is 11.9 Å². The number of aromatic hydroxyl groups is 1. The quantitative estimate of drug-likeness (QED) is 0.321. The van der Waals surface area contributed by atoms with Crippen LogP contribution in [0.1, 0.15) is 61.8 Å². The number of ether oxygens (including phenoxy) is 1. The monoisotopic (exact) mass is 391 g/mol.